The summed E-state index contributed by atoms with van der Waals surface area (Å²) in [6, 6.07) is 2.60. The van der Waals surface area contributed by atoms with Crippen molar-refractivity contribution in [2.24, 2.45) is 0 Å². The van der Waals surface area contributed by atoms with E-state index >= 15 is 0 Å². The van der Waals surface area contributed by atoms with E-state index in [0.29, 0.717) is 24.0 Å². The number of likely N-dealkylation sites (tertiary alicyclic amines) is 1. The van der Waals surface area contributed by atoms with Crippen LogP contribution in [0.3, 0.4) is 0 Å². The lowest BCUT2D eigenvalue weighted by Crippen LogP contribution is -2.35. The fraction of sp³-hybridized carbons (Fsp3) is 0.600. The number of nitriles is 1. The molecule has 23 heavy (non-hydrogen) atoms. The van der Waals surface area contributed by atoms with E-state index in [4.69, 9.17) is 9.78 Å². The molecule has 8 nitrogen and oxygen atoms in total. The predicted molar refractivity (Wildman–Crippen MR) is 82.3 cm³/mol. The summed E-state index contributed by atoms with van der Waals surface area (Å²) in [7, 11) is 2.10. The number of hydrogen-bond acceptors (Lipinski definition) is 7. The lowest BCUT2D eigenvalue weighted by molar-refractivity contribution is 0.215. The molecule has 8 heteroatoms. The van der Waals surface area contributed by atoms with Crippen LogP contribution in [0.5, 0.6) is 0 Å². The Hall–Kier alpha value is -2.24. The molecule has 1 aliphatic rings. The summed E-state index contributed by atoms with van der Waals surface area (Å²) in [5.41, 5.74) is 0.611. The summed E-state index contributed by atoms with van der Waals surface area (Å²) < 4.78 is 6.85. The largest absolute Gasteiger partial charge is 0.340 e. The SMILES string of the molecule is Cc1nc(CN(C)[C@H]2CCN(CCn3cc(C#N)cn3)C2)no1. The highest BCUT2D eigenvalue weighted by Crippen LogP contribution is 2.16. The van der Waals surface area contributed by atoms with Gasteiger partial charge in [0.2, 0.25) is 5.89 Å². The lowest BCUT2D eigenvalue weighted by Gasteiger charge is -2.23. The maximum absolute atomic E-state index is 8.81. The minimum Gasteiger partial charge on any atom is -0.340 e. The average molecular weight is 315 g/mol. The molecule has 1 atom stereocenters. The smallest absolute Gasteiger partial charge is 0.223 e. The number of hydrogen-bond donors (Lipinski definition) is 0. The van der Waals surface area contributed by atoms with Crippen LogP contribution in [0.2, 0.25) is 0 Å². The molecule has 0 bridgehead atoms. The number of rotatable bonds is 6. The Bertz CT molecular complexity index is 686. The summed E-state index contributed by atoms with van der Waals surface area (Å²) in [5.74, 6) is 1.35. The molecular formula is C15H21N7O. The Labute approximate surface area is 135 Å². The Kier molecular flexibility index (Phi) is 4.69. The Morgan fingerprint density at radius 2 is 2.35 bits per heavy atom. The van der Waals surface area contributed by atoms with Crippen molar-refractivity contribution in [3.63, 3.8) is 0 Å². The van der Waals surface area contributed by atoms with Crippen molar-refractivity contribution in [3.8, 4) is 6.07 Å². The van der Waals surface area contributed by atoms with Gasteiger partial charge in [0.05, 0.1) is 24.8 Å². The molecule has 0 unspecified atom stereocenters. The molecule has 2 aromatic heterocycles. The summed E-state index contributed by atoms with van der Waals surface area (Å²) in [6.07, 6.45) is 4.53. The van der Waals surface area contributed by atoms with E-state index in [2.05, 4.69) is 38.2 Å². The molecule has 0 saturated carbocycles. The molecule has 3 heterocycles. The molecule has 1 fully saturated rings. The third kappa shape index (κ3) is 3.94. The second-order valence-electron chi connectivity index (χ2n) is 5.99. The summed E-state index contributed by atoms with van der Waals surface area (Å²) in [4.78, 5) is 8.97. The van der Waals surface area contributed by atoms with Crippen molar-refractivity contribution in [1.29, 1.82) is 5.26 Å². The van der Waals surface area contributed by atoms with Gasteiger partial charge in [-0.05, 0) is 20.0 Å². The first-order chi connectivity index (χ1) is 11.1. The average Bonchev–Trinajstić information content (AvgIpc) is 3.25. The van der Waals surface area contributed by atoms with Gasteiger partial charge in [-0.25, -0.2) is 0 Å². The van der Waals surface area contributed by atoms with Gasteiger partial charge in [-0.3, -0.25) is 14.5 Å². The first kappa shape index (κ1) is 15.6. The van der Waals surface area contributed by atoms with Gasteiger partial charge in [0.25, 0.3) is 0 Å². The molecule has 0 N–H and O–H groups in total. The van der Waals surface area contributed by atoms with E-state index < -0.39 is 0 Å². The van der Waals surface area contributed by atoms with Crippen LogP contribution in [0, 0.1) is 18.3 Å². The van der Waals surface area contributed by atoms with E-state index in [1.54, 1.807) is 19.3 Å². The second kappa shape index (κ2) is 6.89. The van der Waals surface area contributed by atoms with Crippen LogP contribution < -0.4 is 0 Å². The lowest BCUT2D eigenvalue weighted by atomic mass is 10.2. The molecule has 0 aromatic carbocycles. The zero-order valence-electron chi connectivity index (χ0n) is 13.5. The molecule has 0 spiro atoms. The summed E-state index contributed by atoms with van der Waals surface area (Å²) in [5, 5.41) is 17.0. The van der Waals surface area contributed by atoms with Gasteiger partial charge in [0, 0.05) is 32.3 Å². The predicted octanol–water partition coefficient (Wildman–Crippen LogP) is 0.652. The van der Waals surface area contributed by atoms with E-state index in [-0.39, 0.29) is 0 Å². The van der Waals surface area contributed by atoms with Crippen LogP contribution in [0.15, 0.2) is 16.9 Å². The minimum atomic E-state index is 0.501. The molecule has 3 rings (SSSR count). The fourth-order valence-corrected chi connectivity index (χ4v) is 2.92. The molecule has 1 aliphatic heterocycles. The highest BCUT2D eigenvalue weighted by molar-refractivity contribution is 5.21. The van der Waals surface area contributed by atoms with E-state index in [1.165, 1.54) is 0 Å². The van der Waals surface area contributed by atoms with Crippen molar-refractivity contribution in [3.05, 3.63) is 29.7 Å². The monoisotopic (exact) mass is 315 g/mol. The number of nitrogens with zero attached hydrogens (tertiary/aromatic N) is 7. The van der Waals surface area contributed by atoms with Gasteiger partial charge in [-0.2, -0.15) is 15.3 Å². The maximum Gasteiger partial charge on any atom is 0.223 e. The molecule has 122 valence electrons. The summed E-state index contributed by atoms with van der Waals surface area (Å²) >= 11 is 0. The quantitative estimate of drug-likeness (QED) is 0.773. The molecular weight excluding hydrogens is 294 g/mol. The van der Waals surface area contributed by atoms with Crippen molar-refractivity contribution in [2.75, 3.05) is 26.7 Å². The first-order valence-electron chi connectivity index (χ1n) is 7.78. The zero-order chi connectivity index (χ0) is 16.2. The Morgan fingerprint density at radius 3 is 3.04 bits per heavy atom. The van der Waals surface area contributed by atoms with Gasteiger partial charge in [0.1, 0.15) is 6.07 Å². The highest BCUT2D eigenvalue weighted by atomic mass is 16.5. The topological polar surface area (TPSA) is 87.0 Å². The Morgan fingerprint density at radius 1 is 1.48 bits per heavy atom. The van der Waals surface area contributed by atoms with E-state index in [1.807, 2.05) is 4.68 Å². The standard InChI is InChI=1S/C15H21N7O/c1-12-18-15(19-23-12)11-20(2)14-3-4-21(10-14)5-6-22-9-13(7-16)8-17-22/h8-9,14H,3-6,10-11H2,1-2H3/t14-/m0/s1. The summed E-state index contributed by atoms with van der Waals surface area (Å²) in [6.45, 7) is 6.37. The first-order valence-corrected chi connectivity index (χ1v) is 7.78. The van der Waals surface area contributed by atoms with Crippen LogP contribution in [0.25, 0.3) is 0 Å². The normalized spacial score (nSPS) is 18.6. The molecule has 0 amide bonds. The third-order valence-electron chi connectivity index (χ3n) is 4.24. The minimum absolute atomic E-state index is 0.501. The number of aryl methyl sites for hydroxylation is 1. The van der Waals surface area contributed by atoms with Crippen LogP contribution in [-0.2, 0) is 13.1 Å². The Balaban J connectivity index is 1.45. The van der Waals surface area contributed by atoms with Crippen molar-refractivity contribution < 1.29 is 4.52 Å². The number of aromatic nitrogens is 4. The van der Waals surface area contributed by atoms with Crippen molar-refractivity contribution >= 4 is 0 Å². The van der Waals surface area contributed by atoms with Crippen LogP contribution >= 0.6 is 0 Å². The van der Waals surface area contributed by atoms with E-state index in [9.17, 15) is 0 Å². The third-order valence-corrected chi connectivity index (χ3v) is 4.24. The van der Waals surface area contributed by atoms with Crippen LogP contribution in [0.1, 0.15) is 23.7 Å². The molecule has 2 aromatic rings. The molecule has 0 aliphatic carbocycles. The highest BCUT2D eigenvalue weighted by Gasteiger charge is 2.26. The van der Waals surface area contributed by atoms with Crippen LogP contribution in [-0.4, -0.2) is 62.4 Å². The van der Waals surface area contributed by atoms with Crippen molar-refractivity contribution in [2.45, 2.75) is 32.5 Å². The molecule has 0 radical (unpaired) electrons. The van der Waals surface area contributed by atoms with Crippen LogP contribution in [0.4, 0.5) is 0 Å². The van der Waals surface area contributed by atoms with E-state index in [0.717, 1.165) is 38.4 Å². The molecule has 1 saturated heterocycles. The second-order valence-corrected chi connectivity index (χ2v) is 5.99. The zero-order valence-corrected chi connectivity index (χ0v) is 13.5. The van der Waals surface area contributed by atoms with Gasteiger partial charge < -0.3 is 4.52 Å². The fourth-order valence-electron chi connectivity index (χ4n) is 2.92. The van der Waals surface area contributed by atoms with Gasteiger partial charge in [-0.15, -0.1) is 0 Å². The maximum atomic E-state index is 8.81. The van der Waals surface area contributed by atoms with Gasteiger partial charge in [-0.1, -0.05) is 5.16 Å². The van der Waals surface area contributed by atoms with Gasteiger partial charge >= 0.3 is 0 Å². The number of likely N-dealkylation sites (N-methyl/N-ethyl adjacent to an activating group) is 1. The van der Waals surface area contributed by atoms with Crippen molar-refractivity contribution in [1.82, 2.24) is 29.7 Å². The van der Waals surface area contributed by atoms with Gasteiger partial charge in [0.15, 0.2) is 5.82 Å².